The molecule has 5 heteroatoms. The van der Waals surface area contributed by atoms with Gasteiger partial charge in [0, 0.05) is 30.4 Å². The number of methoxy groups -OCH3 is 1. The van der Waals surface area contributed by atoms with Crippen molar-refractivity contribution in [1.82, 2.24) is 10.3 Å². The molecule has 1 aliphatic carbocycles. The van der Waals surface area contributed by atoms with Gasteiger partial charge in [0.1, 0.15) is 0 Å². The molecule has 2 heterocycles. The number of ether oxygens (including phenoxy) is 2. The first-order chi connectivity index (χ1) is 13.7. The van der Waals surface area contributed by atoms with E-state index in [1.54, 1.807) is 19.5 Å². The van der Waals surface area contributed by atoms with Gasteiger partial charge in [-0.25, -0.2) is 0 Å². The Labute approximate surface area is 165 Å². The molecule has 2 fully saturated rings. The third kappa shape index (κ3) is 4.19. The van der Waals surface area contributed by atoms with E-state index < -0.39 is 0 Å². The van der Waals surface area contributed by atoms with Crippen LogP contribution in [-0.2, 0) is 4.79 Å². The number of pyridine rings is 1. The quantitative estimate of drug-likeness (QED) is 0.796. The number of amides is 1. The highest BCUT2D eigenvalue weighted by atomic mass is 16.5. The number of benzene rings is 1. The van der Waals surface area contributed by atoms with Gasteiger partial charge in [0.2, 0.25) is 5.91 Å². The van der Waals surface area contributed by atoms with Crippen molar-refractivity contribution in [3.05, 3.63) is 59.4 Å². The van der Waals surface area contributed by atoms with E-state index >= 15 is 0 Å². The minimum atomic E-state index is -0.00366. The van der Waals surface area contributed by atoms with E-state index in [-0.39, 0.29) is 17.9 Å². The number of piperidine rings is 1. The second-order valence-corrected chi connectivity index (χ2v) is 7.50. The maximum atomic E-state index is 12.3. The summed E-state index contributed by atoms with van der Waals surface area (Å²) in [4.78, 5) is 16.5. The van der Waals surface area contributed by atoms with Gasteiger partial charge in [-0.05, 0) is 67.5 Å². The largest absolute Gasteiger partial charge is 0.493 e. The first-order valence-corrected chi connectivity index (χ1v) is 9.96. The van der Waals surface area contributed by atoms with Crippen molar-refractivity contribution in [3.8, 4) is 11.5 Å². The van der Waals surface area contributed by atoms with Crippen LogP contribution in [0.15, 0.2) is 48.3 Å². The van der Waals surface area contributed by atoms with Crippen LogP contribution in [0, 0.1) is 0 Å². The summed E-state index contributed by atoms with van der Waals surface area (Å²) >= 11 is 0. The molecule has 1 saturated heterocycles. The molecule has 1 N–H and O–H groups in total. The zero-order valence-corrected chi connectivity index (χ0v) is 16.2. The topological polar surface area (TPSA) is 60.5 Å². The Morgan fingerprint density at radius 3 is 2.79 bits per heavy atom. The molecule has 28 heavy (non-hydrogen) atoms. The van der Waals surface area contributed by atoms with Crippen molar-refractivity contribution < 1.29 is 14.3 Å². The van der Waals surface area contributed by atoms with Crippen LogP contribution in [0.1, 0.15) is 49.1 Å². The average molecular weight is 378 g/mol. The zero-order valence-electron chi connectivity index (χ0n) is 16.2. The lowest BCUT2D eigenvalue weighted by molar-refractivity contribution is -0.118. The van der Waals surface area contributed by atoms with Crippen molar-refractivity contribution in [2.75, 3.05) is 13.7 Å². The molecule has 5 nitrogen and oxygen atoms in total. The molecule has 1 aromatic heterocycles. The normalized spacial score (nSPS) is 21.5. The fraction of sp³-hybridized carbons (Fsp3) is 0.391. The molecule has 146 valence electrons. The van der Waals surface area contributed by atoms with E-state index in [4.69, 9.17) is 9.47 Å². The Kier molecular flexibility index (Phi) is 5.60. The SMILES string of the molecule is COc1ccc(C2CNC(=O)C(=Cc3cccnc3)C2)cc1OC1CCCC1. The summed E-state index contributed by atoms with van der Waals surface area (Å²) in [7, 11) is 1.67. The summed E-state index contributed by atoms with van der Waals surface area (Å²) in [6, 6.07) is 9.96. The Morgan fingerprint density at radius 1 is 1.18 bits per heavy atom. The fourth-order valence-electron chi connectivity index (χ4n) is 4.01. The highest BCUT2D eigenvalue weighted by Gasteiger charge is 2.26. The van der Waals surface area contributed by atoms with Crippen molar-refractivity contribution in [2.24, 2.45) is 0 Å². The summed E-state index contributed by atoms with van der Waals surface area (Å²) in [5, 5.41) is 3.02. The molecule has 0 radical (unpaired) electrons. The predicted molar refractivity (Wildman–Crippen MR) is 108 cm³/mol. The van der Waals surface area contributed by atoms with Gasteiger partial charge in [0.15, 0.2) is 11.5 Å². The van der Waals surface area contributed by atoms with Crippen LogP contribution >= 0.6 is 0 Å². The van der Waals surface area contributed by atoms with Crippen molar-refractivity contribution >= 4 is 12.0 Å². The minimum Gasteiger partial charge on any atom is -0.493 e. The summed E-state index contributed by atoms with van der Waals surface area (Å²) in [5.74, 6) is 1.77. The van der Waals surface area contributed by atoms with E-state index in [9.17, 15) is 4.79 Å². The molecule has 0 bridgehead atoms. The number of carbonyl (C=O) groups is 1. The lowest BCUT2D eigenvalue weighted by atomic mass is 9.87. The van der Waals surface area contributed by atoms with Gasteiger partial charge in [-0.1, -0.05) is 12.1 Å². The predicted octanol–water partition coefficient (Wildman–Crippen LogP) is 4.10. The number of hydrogen-bond acceptors (Lipinski definition) is 4. The second kappa shape index (κ2) is 8.46. The van der Waals surface area contributed by atoms with Gasteiger partial charge in [-0.2, -0.15) is 0 Å². The van der Waals surface area contributed by atoms with Crippen LogP contribution in [0.25, 0.3) is 6.08 Å². The van der Waals surface area contributed by atoms with Gasteiger partial charge in [-0.15, -0.1) is 0 Å². The van der Waals surface area contributed by atoms with E-state index in [0.29, 0.717) is 13.0 Å². The molecular formula is C23H26N2O3. The van der Waals surface area contributed by atoms with Gasteiger partial charge < -0.3 is 14.8 Å². The Bertz CT molecular complexity index is 857. The molecule has 1 aliphatic heterocycles. The van der Waals surface area contributed by atoms with E-state index in [0.717, 1.165) is 41.0 Å². The molecule has 2 aromatic rings. The lowest BCUT2D eigenvalue weighted by Gasteiger charge is -2.26. The molecule has 1 unspecified atom stereocenters. The van der Waals surface area contributed by atoms with E-state index in [2.05, 4.69) is 22.4 Å². The lowest BCUT2D eigenvalue weighted by Crippen LogP contribution is -2.35. The van der Waals surface area contributed by atoms with Crippen molar-refractivity contribution in [2.45, 2.75) is 44.1 Å². The zero-order chi connectivity index (χ0) is 19.3. The second-order valence-electron chi connectivity index (χ2n) is 7.50. The Balaban J connectivity index is 1.56. The Morgan fingerprint density at radius 2 is 2.04 bits per heavy atom. The van der Waals surface area contributed by atoms with Gasteiger partial charge in [-0.3, -0.25) is 9.78 Å². The summed E-state index contributed by atoms with van der Waals surface area (Å²) < 4.78 is 11.7. The van der Waals surface area contributed by atoms with E-state index in [1.807, 2.05) is 24.3 Å². The highest BCUT2D eigenvalue weighted by Crippen LogP contribution is 2.36. The van der Waals surface area contributed by atoms with Gasteiger partial charge in [0.05, 0.1) is 13.2 Å². The maximum Gasteiger partial charge on any atom is 0.247 e. The van der Waals surface area contributed by atoms with E-state index in [1.165, 1.54) is 12.8 Å². The molecule has 2 aliphatic rings. The summed E-state index contributed by atoms with van der Waals surface area (Å²) in [6.45, 7) is 0.623. The molecule has 1 aromatic carbocycles. The minimum absolute atomic E-state index is 0.00366. The fourth-order valence-corrected chi connectivity index (χ4v) is 4.01. The number of nitrogens with zero attached hydrogens (tertiary/aromatic N) is 1. The Hall–Kier alpha value is -2.82. The third-order valence-corrected chi connectivity index (χ3v) is 5.55. The average Bonchev–Trinajstić information content (AvgIpc) is 3.23. The number of aromatic nitrogens is 1. The molecule has 1 atom stereocenters. The smallest absolute Gasteiger partial charge is 0.247 e. The standard InChI is InChI=1S/C23H26N2O3/c1-27-21-9-8-17(13-22(21)28-20-6-2-3-7-20)19-12-18(23(26)25-15-19)11-16-5-4-10-24-14-16/h4-5,8-11,13-14,19-20H,2-3,6-7,12,15H2,1H3,(H,25,26). The third-order valence-electron chi connectivity index (χ3n) is 5.55. The van der Waals surface area contributed by atoms with Crippen molar-refractivity contribution in [1.29, 1.82) is 0 Å². The molecule has 1 amide bonds. The maximum absolute atomic E-state index is 12.3. The van der Waals surface area contributed by atoms with Gasteiger partial charge in [0.25, 0.3) is 0 Å². The van der Waals surface area contributed by atoms with Crippen LogP contribution in [0.2, 0.25) is 0 Å². The van der Waals surface area contributed by atoms with Crippen LogP contribution in [-0.4, -0.2) is 30.6 Å². The number of nitrogens with one attached hydrogen (secondary N) is 1. The highest BCUT2D eigenvalue weighted by molar-refractivity contribution is 5.98. The number of carbonyl (C=O) groups excluding carboxylic acids is 1. The number of hydrogen-bond donors (Lipinski definition) is 1. The van der Waals surface area contributed by atoms with Crippen LogP contribution in [0.3, 0.4) is 0 Å². The summed E-state index contributed by atoms with van der Waals surface area (Å²) in [6.07, 6.45) is 11.0. The molecular weight excluding hydrogens is 352 g/mol. The molecule has 1 saturated carbocycles. The first kappa shape index (κ1) is 18.5. The molecule has 0 spiro atoms. The summed E-state index contributed by atoms with van der Waals surface area (Å²) in [5.41, 5.74) is 2.87. The van der Waals surface area contributed by atoms with Crippen molar-refractivity contribution in [3.63, 3.8) is 0 Å². The van der Waals surface area contributed by atoms with Gasteiger partial charge >= 0.3 is 0 Å². The monoisotopic (exact) mass is 378 g/mol. The number of rotatable bonds is 5. The first-order valence-electron chi connectivity index (χ1n) is 9.96. The molecule has 4 rings (SSSR count). The van der Waals surface area contributed by atoms with Crippen LogP contribution in [0.4, 0.5) is 0 Å². The van der Waals surface area contributed by atoms with Crippen LogP contribution in [0.5, 0.6) is 11.5 Å². The van der Waals surface area contributed by atoms with Crippen LogP contribution < -0.4 is 14.8 Å².